The number of ketones is 1. The Morgan fingerprint density at radius 3 is 2.50 bits per heavy atom. The Balaban J connectivity index is 2.52. The van der Waals surface area contributed by atoms with Gasteiger partial charge in [0.25, 0.3) is 0 Å². The number of carbonyl (C=O) groups excluding carboxylic acids is 1. The van der Waals surface area contributed by atoms with E-state index >= 15 is 0 Å². The van der Waals surface area contributed by atoms with Crippen molar-refractivity contribution < 1.29 is 18.0 Å². The van der Waals surface area contributed by atoms with Crippen molar-refractivity contribution in [1.82, 2.24) is 4.98 Å². The molecule has 1 heterocycles. The lowest BCUT2D eigenvalue weighted by Gasteiger charge is -2.09. The Hall–Kier alpha value is -1.88. The van der Waals surface area contributed by atoms with E-state index in [0.717, 1.165) is 12.1 Å². The van der Waals surface area contributed by atoms with E-state index in [2.05, 4.69) is 4.98 Å². The Morgan fingerprint density at radius 1 is 1.20 bits per heavy atom. The molecule has 2 nitrogen and oxygen atoms in total. The first-order chi connectivity index (χ1) is 9.29. The Bertz CT molecular complexity index is 668. The number of hydrogen-bond acceptors (Lipinski definition) is 2. The average Bonchev–Trinajstić information content (AvgIpc) is 2.38. The van der Waals surface area contributed by atoms with Crippen LogP contribution in [-0.2, 0) is 6.18 Å². The first-order valence-corrected chi connectivity index (χ1v) is 6.01. The fraction of sp³-hybridized carbons (Fsp3) is 0.143. The maximum atomic E-state index is 12.7. The topological polar surface area (TPSA) is 30.0 Å². The van der Waals surface area contributed by atoms with Gasteiger partial charge in [0.1, 0.15) is 5.15 Å². The highest BCUT2D eigenvalue weighted by atomic mass is 35.5. The monoisotopic (exact) mass is 299 g/mol. The van der Waals surface area contributed by atoms with Crippen LogP contribution in [0.2, 0.25) is 5.15 Å². The lowest BCUT2D eigenvalue weighted by molar-refractivity contribution is -0.137. The van der Waals surface area contributed by atoms with Gasteiger partial charge in [-0.1, -0.05) is 23.7 Å². The molecule has 0 unspecified atom stereocenters. The molecule has 20 heavy (non-hydrogen) atoms. The highest BCUT2D eigenvalue weighted by Crippen LogP contribution is 2.32. The predicted octanol–water partition coefficient (Wildman–Crippen LogP) is 4.62. The molecule has 2 aromatic rings. The molecule has 0 saturated heterocycles. The standard InChI is InChI=1S/C14H9ClF3NO/c1-8(20)12-6-10(7-19-13(12)15)9-3-2-4-11(5-9)14(16,17)18/h2-7H,1H3. The summed E-state index contributed by atoms with van der Waals surface area (Å²) in [6.45, 7) is 1.32. The molecule has 1 aromatic carbocycles. The second kappa shape index (κ2) is 5.25. The third kappa shape index (κ3) is 2.99. The molecule has 0 N–H and O–H groups in total. The van der Waals surface area contributed by atoms with Gasteiger partial charge in [-0.3, -0.25) is 4.79 Å². The van der Waals surface area contributed by atoms with Crippen molar-refractivity contribution in [3.63, 3.8) is 0 Å². The molecule has 1 aromatic heterocycles. The molecule has 0 saturated carbocycles. The third-order valence-corrected chi connectivity index (χ3v) is 3.04. The van der Waals surface area contributed by atoms with Crippen LogP contribution in [0.3, 0.4) is 0 Å². The number of alkyl halides is 3. The number of halogens is 4. The Kier molecular flexibility index (Phi) is 3.81. The van der Waals surface area contributed by atoms with E-state index in [9.17, 15) is 18.0 Å². The summed E-state index contributed by atoms with van der Waals surface area (Å²) < 4.78 is 38.0. The van der Waals surface area contributed by atoms with Gasteiger partial charge in [-0.25, -0.2) is 4.98 Å². The maximum absolute atomic E-state index is 12.7. The summed E-state index contributed by atoms with van der Waals surface area (Å²) in [5.74, 6) is -0.295. The van der Waals surface area contributed by atoms with Gasteiger partial charge in [0.05, 0.1) is 11.1 Å². The summed E-state index contributed by atoms with van der Waals surface area (Å²) >= 11 is 5.77. The molecule has 0 bridgehead atoms. The maximum Gasteiger partial charge on any atom is 0.416 e. The molecular formula is C14H9ClF3NO. The molecule has 0 aliphatic rings. The van der Waals surface area contributed by atoms with Gasteiger partial charge >= 0.3 is 6.18 Å². The minimum atomic E-state index is -4.42. The van der Waals surface area contributed by atoms with Crippen LogP contribution >= 0.6 is 11.6 Å². The van der Waals surface area contributed by atoms with E-state index in [1.807, 2.05) is 0 Å². The largest absolute Gasteiger partial charge is 0.416 e. The van der Waals surface area contributed by atoms with Crippen LogP contribution in [0.4, 0.5) is 13.2 Å². The van der Waals surface area contributed by atoms with Crippen molar-refractivity contribution in [3.8, 4) is 11.1 Å². The van der Waals surface area contributed by atoms with E-state index in [1.54, 1.807) is 0 Å². The quantitative estimate of drug-likeness (QED) is 0.598. The number of benzene rings is 1. The lowest BCUT2D eigenvalue weighted by Crippen LogP contribution is -2.04. The van der Waals surface area contributed by atoms with Crippen LogP contribution in [0.5, 0.6) is 0 Å². The number of carbonyl (C=O) groups is 1. The van der Waals surface area contributed by atoms with Crippen LogP contribution < -0.4 is 0 Å². The molecule has 0 aliphatic heterocycles. The van der Waals surface area contributed by atoms with Crippen LogP contribution in [0.1, 0.15) is 22.8 Å². The summed E-state index contributed by atoms with van der Waals surface area (Å²) in [4.78, 5) is 15.2. The van der Waals surface area contributed by atoms with Gasteiger partial charge in [-0.05, 0) is 30.7 Å². The minimum Gasteiger partial charge on any atom is -0.294 e. The molecule has 6 heteroatoms. The van der Waals surface area contributed by atoms with E-state index in [0.29, 0.717) is 11.1 Å². The van der Waals surface area contributed by atoms with Gasteiger partial charge in [0.15, 0.2) is 5.78 Å². The molecule has 0 aliphatic carbocycles. The molecule has 0 atom stereocenters. The molecule has 104 valence electrons. The fourth-order valence-electron chi connectivity index (χ4n) is 1.73. The number of pyridine rings is 1. The van der Waals surface area contributed by atoms with Gasteiger partial charge in [0, 0.05) is 11.8 Å². The summed E-state index contributed by atoms with van der Waals surface area (Å²) in [6.07, 6.45) is -3.08. The number of Topliss-reactive ketones (excluding diaryl/α,β-unsaturated/α-hetero) is 1. The second-order valence-electron chi connectivity index (χ2n) is 4.20. The van der Waals surface area contributed by atoms with Crippen LogP contribution in [0.15, 0.2) is 36.5 Å². The molecule has 0 fully saturated rings. The zero-order valence-electron chi connectivity index (χ0n) is 10.3. The van der Waals surface area contributed by atoms with Crippen molar-refractivity contribution in [2.75, 3.05) is 0 Å². The summed E-state index contributed by atoms with van der Waals surface area (Å²) in [5.41, 5.74) is 0.160. The molecule has 2 rings (SSSR count). The molecular weight excluding hydrogens is 291 g/mol. The predicted molar refractivity (Wildman–Crippen MR) is 69.7 cm³/mol. The van der Waals surface area contributed by atoms with Crippen molar-refractivity contribution in [3.05, 3.63) is 52.8 Å². The first-order valence-electron chi connectivity index (χ1n) is 5.63. The summed E-state index contributed by atoms with van der Waals surface area (Å²) in [5, 5.41) is 0.0354. The Morgan fingerprint density at radius 2 is 1.90 bits per heavy atom. The van der Waals surface area contributed by atoms with Gasteiger partial charge in [-0.2, -0.15) is 13.2 Å². The fourth-order valence-corrected chi connectivity index (χ4v) is 1.96. The first kappa shape index (κ1) is 14.5. The SMILES string of the molecule is CC(=O)c1cc(-c2cccc(C(F)(F)F)c2)cnc1Cl. The highest BCUT2D eigenvalue weighted by molar-refractivity contribution is 6.32. The summed E-state index contributed by atoms with van der Waals surface area (Å²) in [7, 11) is 0. The normalized spacial score (nSPS) is 11.4. The van der Waals surface area contributed by atoms with Gasteiger partial charge < -0.3 is 0 Å². The zero-order valence-corrected chi connectivity index (χ0v) is 11.1. The van der Waals surface area contributed by atoms with Crippen LogP contribution in [0, 0.1) is 0 Å². The van der Waals surface area contributed by atoms with E-state index in [-0.39, 0.29) is 16.5 Å². The lowest BCUT2D eigenvalue weighted by atomic mass is 10.0. The van der Waals surface area contributed by atoms with Crippen molar-refractivity contribution in [1.29, 1.82) is 0 Å². The molecule has 0 radical (unpaired) electrons. The number of nitrogens with zero attached hydrogens (tertiary/aromatic N) is 1. The highest BCUT2D eigenvalue weighted by Gasteiger charge is 2.30. The Labute approximate surface area is 118 Å². The van der Waals surface area contributed by atoms with Crippen LogP contribution in [0.25, 0.3) is 11.1 Å². The molecule has 0 spiro atoms. The van der Waals surface area contributed by atoms with Gasteiger partial charge in [-0.15, -0.1) is 0 Å². The van der Waals surface area contributed by atoms with Crippen molar-refractivity contribution >= 4 is 17.4 Å². The minimum absolute atomic E-state index is 0.0354. The van der Waals surface area contributed by atoms with Gasteiger partial charge in [0.2, 0.25) is 0 Å². The number of rotatable bonds is 2. The van der Waals surface area contributed by atoms with E-state index < -0.39 is 11.7 Å². The number of aromatic nitrogens is 1. The summed E-state index contributed by atoms with van der Waals surface area (Å²) in [6, 6.07) is 6.25. The van der Waals surface area contributed by atoms with Crippen molar-refractivity contribution in [2.24, 2.45) is 0 Å². The van der Waals surface area contributed by atoms with Crippen molar-refractivity contribution in [2.45, 2.75) is 13.1 Å². The zero-order chi connectivity index (χ0) is 14.9. The smallest absolute Gasteiger partial charge is 0.294 e. The van der Waals surface area contributed by atoms with E-state index in [1.165, 1.54) is 31.3 Å². The number of hydrogen-bond donors (Lipinski definition) is 0. The van der Waals surface area contributed by atoms with Crippen LogP contribution in [-0.4, -0.2) is 10.8 Å². The van der Waals surface area contributed by atoms with E-state index in [4.69, 9.17) is 11.6 Å². The third-order valence-electron chi connectivity index (χ3n) is 2.74. The second-order valence-corrected chi connectivity index (χ2v) is 4.56. The average molecular weight is 300 g/mol. The molecule has 0 amide bonds.